The minimum atomic E-state index is -4.61. The van der Waals surface area contributed by atoms with E-state index < -0.39 is 24.0 Å². The zero-order valence-electron chi connectivity index (χ0n) is 17.8. The van der Waals surface area contributed by atoms with Crippen LogP contribution >= 0.6 is 0 Å². The molecule has 0 bridgehead atoms. The first-order valence-corrected chi connectivity index (χ1v) is 10.9. The van der Waals surface area contributed by atoms with Gasteiger partial charge in [-0.15, -0.1) is 0 Å². The van der Waals surface area contributed by atoms with E-state index in [0.717, 1.165) is 57.3 Å². The van der Waals surface area contributed by atoms with Crippen molar-refractivity contribution in [3.8, 4) is 0 Å². The standard InChI is InChI=1S/C21H33F3N4O3/c22-21(23,24)19-26-15-17(16-27-19)28-20(31)25-14-12-10-8-6-4-2-1-3-5-7-9-11-13-18(29)30/h15-16H,1-14H2,(H,29,30)(H2,25,28,31). The fraction of sp³-hybridized carbons (Fsp3) is 0.714. The van der Waals surface area contributed by atoms with Crippen LogP contribution in [-0.2, 0) is 11.0 Å². The van der Waals surface area contributed by atoms with E-state index in [0.29, 0.717) is 6.54 Å². The van der Waals surface area contributed by atoms with Gasteiger partial charge in [0.15, 0.2) is 0 Å². The van der Waals surface area contributed by atoms with E-state index in [2.05, 4.69) is 20.6 Å². The van der Waals surface area contributed by atoms with Gasteiger partial charge in [0.25, 0.3) is 0 Å². The molecule has 0 radical (unpaired) electrons. The van der Waals surface area contributed by atoms with Crippen molar-refractivity contribution in [3.63, 3.8) is 0 Å². The third-order valence-corrected chi connectivity index (χ3v) is 4.77. The van der Waals surface area contributed by atoms with Crippen molar-refractivity contribution < 1.29 is 27.9 Å². The molecule has 10 heteroatoms. The van der Waals surface area contributed by atoms with E-state index in [9.17, 15) is 22.8 Å². The molecule has 0 saturated heterocycles. The van der Waals surface area contributed by atoms with Crippen molar-refractivity contribution in [3.05, 3.63) is 18.2 Å². The number of carbonyl (C=O) groups excluding carboxylic acids is 1. The third kappa shape index (κ3) is 14.3. The van der Waals surface area contributed by atoms with Gasteiger partial charge in [-0.2, -0.15) is 13.2 Å². The molecule has 0 aliphatic rings. The van der Waals surface area contributed by atoms with Crippen LogP contribution in [0.15, 0.2) is 12.4 Å². The van der Waals surface area contributed by atoms with Gasteiger partial charge in [-0.1, -0.05) is 64.2 Å². The number of unbranched alkanes of at least 4 members (excludes halogenated alkanes) is 11. The normalized spacial score (nSPS) is 11.3. The molecular formula is C21H33F3N4O3. The van der Waals surface area contributed by atoms with Gasteiger partial charge >= 0.3 is 18.2 Å². The number of amides is 2. The second-order valence-electron chi connectivity index (χ2n) is 7.56. The first kappa shape index (κ1) is 26.6. The number of carboxylic acids is 1. The lowest BCUT2D eigenvalue weighted by Crippen LogP contribution is -2.29. The summed E-state index contributed by atoms with van der Waals surface area (Å²) >= 11 is 0. The molecule has 0 spiro atoms. The summed E-state index contributed by atoms with van der Waals surface area (Å²) < 4.78 is 37.2. The summed E-state index contributed by atoms with van der Waals surface area (Å²) in [6.07, 6.45) is 10.5. The van der Waals surface area contributed by atoms with Gasteiger partial charge in [-0.05, 0) is 12.8 Å². The molecule has 3 N–H and O–H groups in total. The molecule has 0 aromatic carbocycles. The Kier molecular flexibility index (Phi) is 13.3. The maximum atomic E-state index is 12.4. The van der Waals surface area contributed by atoms with Crippen LogP contribution in [-0.4, -0.2) is 33.6 Å². The maximum absolute atomic E-state index is 12.4. The van der Waals surface area contributed by atoms with Crippen molar-refractivity contribution in [2.75, 3.05) is 11.9 Å². The molecule has 31 heavy (non-hydrogen) atoms. The Morgan fingerprint density at radius 1 is 0.806 bits per heavy atom. The zero-order chi connectivity index (χ0) is 23.0. The molecule has 1 aromatic rings. The molecule has 0 fully saturated rings. The Labute approximate surface area is 181 Å². The van der Waals surface area contributed by atoms with Gasteiger partial charge in [-0.25, -0.2) is 14.8 Å². The van der Waals surface area contributed by atoms with E-state index in [-0.39, 0.29) is 12.1 Å². The molecule has 1 heterocycles. The van der Waals surface area contributed by atoms with Crippen LogP contribution in [0.4, 0.5) is 23.7 Å². The lowest BCUT2D eigenvalue weighted by atomic mass is 10.0. The quantitative estimate of drug-likeness (QED) is 0.280. The van der Waals surface area contributed by atoms with Crippen molar-refractivity contribution in [2.45, 2.75) is 89.6 Å². The minimum Gasteiger partial charge on any atom is -0.481 e. The van der Waals surface area contributed by atoms with E-state index >= 15 is 0 Å². The monoisotopic (exact) mass is 446 g/mol. The lowest BCUT2D eigenvalue weighted by Gasteiger charge is -2.08. The Bertz CT molecular complexity index is 640. The highest BCUT2D eigenvalue weighted by Crippen LogP contribution is 2.25. The highest BCUT2D eigenvalue weighted by Gasteiger charge is 2.34. The fourth-order valence-electron chi connectivity index (χ4n) is 3.09. The van der Waals surface area contributed by atoms with Gasteiger partial charge in [0.2, 0.25) is 5.82 Å². The highest BCUT2D eigenvalue weighted by atomic mass is 19.4. The van der Waals surface area contributed by atoms with E-state index in [1.807, 2.05) is 0 Å². The molecule has 0 aliphatic heterocycles. The summed E-state index contributed by atoms with van der Waals surface area (Å²) in [6, 6.07) is -0.494. The number of carbonyl (C=O) groups is 2. The first-order chi connectivity index (χ1) is 14.8. The lowest BCUT2D eigenvalue weighted by molar-refractivity contribution is -0.145. The number of hydrogen-bond donors (Lipinski definition) is 3. The molecule has 0 atom stereocenters. The van der Waals surface area contributed by atoms with Crippen LogP contribution in [0.3, 0.4) is 0 Å². The van der Waals surface area contributed by atoms with Crippen LogP contribution in [0.5, 0.6) is 0 Å². The number of aliphatic carboxylic acids is 1. The number of halogens is 3. The maximum Gasteiger partial charge on any atom is 0.451 e. The number of nitrogens with zero attached hydrogens (tertiary/aromatic N) is 2. The van der Waals surface area contributed by atoms with Crippen molar-refractivity contribution in [2.24, 2.45) is 0 Å². The van der Waals surface area contributed by atoms with Gasteiger partial charge in [-0.3, -0.25) is 4.79 Å². The van der Waals surface area contributed by atoms with Crippen molar-refractivity contribution >= 4 is 17.7 Å². The number of aromatic nitrogens is 2. The van der Waals surface area contributed by atoms with Crippen LogP contribution in [0.2, 0.25) is 0 Å². The molecule has 7 nitrogen and oxygen atoms in total. The summed E-state index contributed by atoms with van der Waals surface area (Å²) in [5.74, 6) is -1.96. The summed E-state index contributed by atoms with van der Waals surface area (Å²) in [6.45, 7) is 0.495. The second-order valence-corrected chi connectivity index (χ2v) is 7.56. The molecule has 0 unspecified atom stereocenters. The van der Waals surface area contributed by atoms with E-state index in [4.69, 9.17) is 5.11 Å². The van der Waals surface area contributed by atoms with E-state index in [1.165, 1.54) is 32.1 Å². The number of nitrogens with one attached hydrogen (secondary N) is 2. The van der Waals surface area contributed by atoms with Crippen molar-refractivity contribution in [1.29, 1.82) is 0 Å². The molecule has 2 amide bonds. The highest BCUT2D eigenvalue weighted by molar-refractivity contribution is 5.88. The average Bonchev–Trinajstić information content (AvgIpc) is 2.70. The Morgan fingerprint density at radius 3 is 1.71 bits per heavy atom. The minimum absolute atomic E-state index is 0.103. The number of hydrogen-bond acceptors (Lipinski definition) is 4. The molecule has 0 aliphatic carbocycles. The number of urea groups is 1. The van der Waals surface area contributed by atoms with Crippen LogP contribution < -0.4 is 10.6 Å². The van der Waals surface area contributed by atoms with Gasteiger partial charge < -0.3 is 15.7 Å². The molecular weight excluding hydrogens is 413 g/mol. The van der Waals surface area contributed by atoms with Crippen LogP contribution in [0.25, 0.3) is 0 Å². The number of carboxylic acid groups (broad SMARTS) is 1. The van der Waals surface area contributed by atoms with Gasteiger partial charge in [0.05, 0.1) is 18.1 Å². The Balaban J connectivity index is 1.90. The predicted molar refractivity (Wildman–Crippen MR) is 112 cm³/mol. The SMILES string of the molecule is O=C(O)CCCCCCCCCCCCCCNC(=O)Nc1cnc(C(F)(F)F)nc1. The molecule has 1 rings (SSSR count). The summed E-state index contributed by atoms with van der Waals surface area (Å²) in [4.78, 5) is 28.5. The summed E-state index contributed by atoms with van der Waals surface area (Å²) in [5, 5.41) is 13.6. The van der Waals surface area contributed by atoms with Crippen LogP contribution in [0.1, 0.15) is 89.3 Å². The predicted octanol–water partition coefficient (Wildman–Crippen LogP) is 5.77. The summed E-state index contributed by atoms with van der Waals surface area (Å²) in [5.41, 5.74) is 0.103. The molecule has 176 valence electrons. The Hall–Kier alpha value is -2.39. The topological polar surface area (TPSA) is 104 Å². The van der Waals surface area contributed by atoms with Gasteiger partial charge in [0.1, 0.15) is 0 Å². The second kappa shape index (κ2) is 15.4. The van der Waals surface area contributed by atoms with Gasteiger partial charge in [0, 0.05) is 13.0 Å². The summed E-state index contributed by atoms with van der Waals surface area (Å²) in [7, 11) is 0. The molecule has 0 saturated carbocycles. The first-order valence-electron chi connectivity index (χ1n) is 10.9. The Morgan fingerprint density at radius 2 is 1.26 bits per heavy atom. The van der Waals surface area contributed by atoms with E-state index in [1.54, 1.807) is 0 Å². The zero-order valence-corrected chi connectivity index (χ0v) is 17.8. The smallest absolute Gasteiger partial charge is 0.451 e. The number of alkyl halides is 3. The largest absolute Gasteiger partial charge is 0.481 e. The number of anilines is 1. The number of rotatable bonds is 16. The van der Waals surface area contributed by atoms with Crippen molar-refractivity contribution in [1.82, 2.24) is 15.3 Å². The average molecular weight is 447 g/mol. The fourth-order valence-corrected chi connectivity index (χ4v) is 3.09. The third-order valence-electron chi connectivity index (χ3n) is 4.77. The van der Waals surface area contributed by atoms with Crippen LogP contribution in [0, 0.1) is 0 Å². The molecule has 1 aromatic heterocycles.